The Morgan fingerprint density at radius 2 is 1.82 bits per heavy atom. The summed E-state index contributed by atoms with van der Waals surface area (Å²) in [5.74, 6) is -1.42. The maximum absolute atomic E-state index is 12.0. The molecule has 0 unspecified atom stereocenters. The highest BCUT2D eigenvalue weighted by molar-refractivity contribution is 7.96. The van der Waals surface area contributed by atoms with Crippen LogP contribution in [-0.4, -0.2) is 19.5 Å². The van der Waals surface area contributed by atoms with E-state index in [1.54, 1.807) is 19.1 Å². The molecule has 0 spiro atoms. The van der Waals surface area contributed by atoms with Gasteiger partial charge in [0, 0.05) is 0 Å². The van der Waals surface area contributed by atoms with Crippen LogP contribution in [0.1, 0.15) is 18.9 Å². The summed E-state index contributed by atoms with van der Waals surface area (Å²) in [4.78, 5) is 10.4. The SMILES string of the molecule is CC/C=C(\C(=O)O)S(=O)(=O)c1ccc(C)cc1. The fourth-order valence-electron chi connectivity index (χ4n) is 1.34. The zero-order valence-electron chi connectivity index (χ0n) is 9.67. The lowest BCUT2D eigenvalue weighted by atomic mass is 10.2. The molecule has 0 fully saturated rings. The van der Waals surface area contributed by atoms with E-state index in [9.17, 15) is 13.2 Å². The fourth-order valence-corrected chi connectivity index (χ4v) is 2.71. The summed E-state index contributed by atoms with van der Waals surface area (Å²) in [5, 5.41) is 8.91. The van der Waals surface area contributed by atoms with E-state index < -0.39 is 20.7 Å². The second-order valence-electron chi connectivity index (χ2n) is 3.60. The molecule has 1 aromatic carbocycles. The van der Waals surface area contributed by atoms with Crippen LogP contribution in [0.15, 0.2) is 40.1 Å². The summed E-state index contributed by atoms with van der Waals surface area (Å²) in [5.41, 5.74) is 0.917. The third kappa shape index (κ3) is 2.94. The first-order valence-electron chi connectivity index (χ1n) is 5.14. The van der Waals surface area contributed by atoms with E-state index in [4.69, 9.17) is 5.11 Å². The van der Waals surface area contributed by atoms with Crippen molar-refractivity contribution in [3.8, 4) is 0 Å². The second-order valence-corrected chi connectivity index (χ2v) is 5.52. The summed E-state index contributed by atoms with van der Waals surface area (Å²) in [6.45, 7) is 3.52. The smallest absolute Gasteiger partial charge is 0.347 e. The Hall–Kier alpha value is -1.62. The van der Waals surface area contributed by atoms with Crippen molar-refractivity contribution in [1.29, 1.82) is 0 Å². The third-order valence-electron chi connectivity index (χ3n) is 2.22. The van der Waals surface area contributed by atoms with Crippen molar-refractivity contribution in [2.45, 2.75) is 25.2 Å². The largest absolute Gasteiger partial charge is 0.477 e. The van der Waals surface area contributed by atoms with E-state index >= 15 is 0 Å². The van der Waals surface area contributed by atoms with Crippen molar-refractivity contribution in [3.05, 3.63) is 40.8 Å². The Bertz CT molecular complexity index is 538. The summed E-state index contributed by atoms with van der Waals surface area (Å²) in [6, 6.07) is 6.10. The van der Waals surface area contributed by atoms with E-state index in [0.717, 1.165) is 5.56 Å². The average Bonchev–Trinajstić information content (AvgIpc) is 2.25. The first-order valence-corrected chi connectivity index (χ1v) is 6.63. The van der Waals surface area contributed by atoms with Gasteiger partial charge in [-0.3, -0.25) is 0 Å². The van der Waals surface area contributed by atoms with E-state index in [2.05, 4.69) is 0 Å². The van der Waals surface area contributed by atoms with Crippen LogP contribution in [0, 0.1) is 6.92 Å². The molecule has 0 heterocycles. The Kier molecular flexibility index (Phi) is 4.07. The number of allylic oxidation sites excluding steroid dienone is 1. The van der Waals surface area contributed by atoms with Crippen molar-refractivity contribution in [1.82, 2.24) is 0 Å². The summed E-state index contributed by atoms with van der Waals surface area (Å²) >= 11 is 0. The van der Waals surface area contributed by atoms with Crippen molar-refractivity contribution in [2.24, 2.45) is 0 Å². The van der Waals surface area contributed by atoms with Crippen LogP contribution in [0.2, 0.25) is 0 Å². The number of hydrogen-bond donors (Lipinski definition) is 1. The van der Waals surface area contributed by atoms with Crippen LogP contribution in [0.4, 0.5) is 0 Å². The Morgan fingerprint density at radius 3 is 2.24 bits per heavy atom. The summed E-state index contributed by atoms with van der Waals surface area (Å²) < 4.78 is 24.1. The number of carboxylic acid groups (broad SMARTS) is 1. The molecule has 5 heteroatoms. The van der Waals surface area contributed by atoms with Gasteiger partial charge in [-0.15, -0.1) is 0 Å². The number of sulfone groups is 1. The molecule has 0 atom stereocenters. The molecule has 17 heavy (non-hydrogen) atoms. The quantitative estimate of drug-likeness (QED) is 0.836. The summed E-state index contributed by atoms with van der Waals surface area (Å²) in [6.07, 6.45) is 1.56. The van der Waals surface area contributed by atoms with Gasteiger partial charge < -0.3 is 5.11 Å². The maximum Gasteiger partial charge on any atom is 0.347 e. The van der Waals surface area contributed by atoms with Gasteiger partial charge in [0.15, 0.2) is 4.91 Å². The number of aryl methyl sites for hydroxylation is 1. The highest BCUT2D eigenvalue weighted by Crippen LogP contribution is 2.20. The van der Waals surface area contributed by atoms with Crippen molar-refractivity contribution < 1.29 is 18.3 Å². The molecule has 0 saturated heterocycles. The molecule has 1 rings (SSSR count). The average molecular weight is 254 g/mol. The van der Waals surface area contributed by atoms with Gasteiger partial charge in [-0.1, -0.05) is 30.7 Å². The van der Waals surface area contributed by atoms with Gasteiger partial charge in [-0.2, -0.15) is 0 Å². The number of carboxylic acids is 1. The van der Waals surface area contributed by atoms with Crippen molar-refractivity contribution in [3.63, 3.8) is 0 Å². The van der Waals surface area contributed by atoms with E-state index in [-0.39, 0.29) is 4.90 Å². The van der Waals surface area contributed by atoms with Crippen LogP contribution in [0.25, 0.3) is 0 Å². The minimum Gasteiger partial charge on any atom is -0.477 e. The molecule has 0 radical (unpaired) electrons. The molecule has 1 N–H and O–H groups in total. The van der Waals surface area contributed by atoms with Gasteiger partial charge >= 0.3 is 5.97 Å². The van der Waals surface area contributed by atoms with Gasteiger partial charge in [0.05, 0.1) is 4.90 Å². The highest BCUT2D eigenvalue weighted by Gasteiger charge is 2.25. The molecule has 0 aliphatic heterocycles. The second kappa shape index (κ2) is 5.14. The molecule has 4 nitrogen and oxygen atoms in total. The standard InChI is InChI=1S/C12H14O4S/c1-3-4-11(12(13)14)17(15,16)10-7-5-9(2)6-8-10/h4-8H,3H2,1-2H3,(H,13,14)/b11-4+. The van der Waals surface area contributed by atoms with Crippen LogP contribution in [0.3, 0.4) is 0 Å². The Morgan fingerprint density at radius 1 is 1.29 bits per heavy atom. The Balaban J connectivity index is 3.32. The molecule has 0 saturated carbocycles. The fraction of sp³-hybridized carbons (Fsp3) is 0.250. The van der Waals surface area contributed by atoms with E-state index in [1.165, 1.54) is 18.2 Å². The normalized spacial score (nSPS) is 12.5. The Labute approximate surface area is 101 Å². The molecule has 0 aliphatic rings. The molecular weight excluding hydrogens is 240 g/mol. The minimum absolute atomic E-state index is 0.00481. The third-order valence-corrected chi connectivity index (χ3v) is 4.03. The van der Waals surface area contributed by atoms with E-state index in [0.29, 0.717) is 6.42 Å². The molecule has 92 valence electrons. The lowest BCUT2D eigenvalue weighted by Gasteiger charge is -2.05. The predicted molar refractivity (Wildman–Crippen MR) is 64.4 cm³/mol. The summed E-state index contributed by atoms with van der Waals surface area (Å²) in [7, 11) is -3.92. The van der Waals surface area contributed by atoms with Crippen LogP contribution >= 0.6 is 0 Å². The first kappa shape index (κ1) is 13.4. The molecule has 0 amide bonds. The monoisotopic (exact) mass is 254 g/mol. The number of aliphatic carboxylic acids is 1. The van der Waals surface area contributed by atoms with Gasteiger partial charge in [0.1, 0.15) is 0 Å². The lowest BCUT2D eigenvalue weighted by Crippen LogP contribution is -2.13. The zero-order chi connectivity index (χ0) is 13.1. The highest BCUT2D eigenvalue weighted by atomic mass is 32.2. The number of hydrogen-bond acceptors (Lipinski definition) is 3. The molecule has 0 aliphatic carbocycles. The number of rotatable bonds is 4. The first-order chi connectivity index (χ1) is 7.89. The molecule has 0 bridgehead atoms. The van der Waals surface area contributed by atoms with Crippen LogP contribution < -0.4 is 0 Å². The van der Waals surface area contributed by atoms with E-state index in [1.807, 2.05) is 6.92 Å². The van der Waals surface area contributed by atoms with Crippen molar-refractivity contribution in [2.75, 3.05) is 0 Å². The van der Waals surface area contributed by atoms with Gasteiger partial charge in [0.25, 0.3) is 0 Å². The number of benzene rings is 1. The molecule has 1 aromatic rings. The maximum atomic E-state index is 12.0. The zero-order valence-corrected chi connectivity index (χ0v) is 10.5. The van der Waals surface area contributed by atoms with Gasteiger partial charge in [0.2, 0.25) is 9.84 Å². The van der Waals surface area contributed by atoms with Crippen LogP contribution in [-0.2, 0) is 14.6 Å². The lowest BCUT2D eigenvalue weighted by molar-refractivity contribution is -0.131. The minimum atomic E-state index is -3.92. The topological polar surface area (TPSA) is 71.4 Å². The van der Waals surface area contributed by atoms with Gasteiger partial charge in [-0.05, 0) is 25.5 Å². The van der Waals surface area contributed by atoms with Crippen LogP contribution in [0.5, 0.6) is 0 Å². The van der Waals surface area contributed by atoms with Gasteiger partial charge in [-0.25, -0.2) is 13.2 Å². The predicted octanol–water partition coefficient (Wildman–Crippen LogP) is 2.15. The number of carbonyl (C=O) groups is 1. The molecular formula is C12H14O4S. The van der Waals surface area contributed by atoms with Crippen molar-refractivity contribution >= 4 is 15.8 Å². The molecule has 0 aromatic heterocycles.